The number of carbonyl (C=O) groups excluding carboxylic acids is 1. The van der Waals surface area contributed by atoms with Gasteiger partial charge in [-0.05, 0) is 69.5 Å². The Labute approximate surface area is 183 Å². The van der Waals surface area contributed by atoms with Crippen molar-refractivity contribution in [2.75, 3.05) is 12.0 Å². The van der Waals surface area contributed by atoms with Gasteiger partial charge in [0.2, 0.25) is 0 Å². The third-order valence-electron chi connectivity index (χ3n) is 4.62. The summed E-state index contributed by atoms with van der Waals surface area (Å²) in [6.45, 7) is 0. The number of hydrogen-bond donors (Lipinski definition) is 0. The van der Waals surface area contributed by atoms with Crippen molar-refractivity contribution in [1.29, 1.82) is 0 Å². The fourth-order valence-corrected chi connectivity index (χ4v) is 4.00. The molecule has 0 radical (unpaired) electrons. The minimum absolute atomic E-state index is 0.0990. The van der Waals surface area contributed by atoms with Crippen molar-refractivity contribution in [3.05, 3.63) is 105 Å². The predicted octanol–water partition coefficient (Wildman–Crippen LogP) is 6.58. The second-order valence-electron chi connectivity index (χ2n) is 6.51. The lowest BCUT2D eigenvalue weighted by Gasteiger charge is -2.21. The van der Waals surface area contributed by atoms with Crippen LogP contribution in [0.3, 0.4) is 0 Å². The molecule has 1 heterocycles. The van der Waals surface area contributed by atoms with Crippen LogP contribution in [0.25, 0.3) is 11.8 Å². The molecule has 1 aliphatic heterocycles. The van der Waals surface area contributed by atoms with Gasteiger partial charge in [-0.1, -0.05) is 54.1 Å². The van der Waals surface area contributed by atoms with Gasteiger partial charge in [0.25, 0.3) is 5.91 Å². The second kappa shape index (κ2) is 8.27. The van der Waals surface area contributed by atoms with Crippen molar-refractivity contribution in [3.8, 4) is 5.75 Å². The number of hydrogen-bond acceptors (Lipinski definition) is 2. The lowest BCUT2D eigenvalue weighted by molar-refractivity contribution is -0.113. The zero-order valence-electron chi connectivity index (χ0n) is 15.6. The molecule has 0 fully saturated rings. The molecular weight excluding hydrogens is 450 g/mol. The molecule has 0 aliphatic carbocycles. The van der Waals surface area contributed by atoms with E-state index in [1.165, 1.54) is 0 Å². The summed E-state index contributed by atoms with van der Waals surface area (Å²) in [6.07, 6.45) is 3.79. The van der Waals surface area contributed by atoms with Gasteiger partial charge in [-0.15, -0.1) is 0 Å². The number of anilines is 1. The van der Waals surface area contributed by atoms with Crippen LogP contribution in [0.2, 0.25) is 5.02 Å². The van der Waals surface area contributed by atoms with Crippen molar-refractivity contribution in [2.45, 2.75) is 0 Å². The summed E-state index contributed by atoms with van der Waals surface area (Å²) >= 11 is 9.68. The number of methoxy groups -OCH3 is 1. The van der Waals surface area contributed by atoms with Crippen molar-refractivity contribution < 1.29 is 9.53 Å². The van der Waals surface area contributed by atoms with Gasteiger partial charge in [-0.2, -0.15) is 0 Å². The maximum absolute atomic E-state index is 13.3. The highest BCUT2D eigenvalue weighted by molar-refractivity contribution is 9.10. The Balaban J connectivity index is 1.81. The first-order chi connectivity index (χ1) is 14.1. The van der Waals surface area contributed by atoms with Crippen molar-refractivity contribution >= 4 is 50.9 Å². The van der Waals surface area contributed by atoms with E-state index in [9.17, 15) is 4.79 Å². The van der Waals surface area contributed by atoms with Gasteiger partial charge < -0.3 is 4.74 Å². The molecule has 1 aliphatic rings. The molecule has 0 atom stereocenters. The molecule has 0 spiro atoms. The average molecular weight is 467 g/mol. The van der Waals surface area contributed by atoms with Gasteiger partial charge in [0.15, 0.2) is 0 Å². The molecule has 0 aromatic heterocycles. The van der Waals surface area contributed by atoms with E-state index >= 15 is 0 Å². The Morgan fingerprint density at radius 2 is 1.79 bits per heavy atom. The number of amides is 1. The van der Waals surface area contributed by atoms with Crippen LogP contribution in [-0.4, -0.2) is 13.0 Å². The molecule has 0 unspecified atom stereocenters. The molecule has 0 saturated heterocycles. The lowest BCUT2D eigenvalue weighted by Crippen LogP contribution is -2.24. The first-order valence-corrected chi connectivity index (χ1v) is 10.2. The Bertz CT molecular complexity index is 1140. The van der Waals surface area contributed by atoms with E-state index in [1.807, 2.05) is 72.8 Å². The van der Waals surface area contributed by atoms with Crippen LogP contribution < -0.4 is 9.64 Å². The van der Waals surface area contributed by atoms with Gasteiger partial charge in [0, 0.05) is 10.6 Å². The van der Waals surface area contributed by atoms with Crippen LogP contribution in [0.1, 0.15) is 11.1 Å². The Kier molecular flexibility index (Phi) is 5.56. The molecule has 0 N–H and O–H groups in total. The average Bonchev–Trinajstić information content (AvgIpc) is 3.05. The van der Waals surface area contributed by atoms with Crippen LogP contribution in [0, 0.1) is 0 Å². The van der Waals surface area contributed by atoms with Crippen LogP contribution >= 0.6 is 27.5 Å². The molecule has 29 heavy (non-hydrogen) atoms. The summed E-state index contributed by atoms with van der Waals surface area (Å²) < 4.78 is 6.12. The fourth-order valence-electron chi connectivity index (χ4n) is 3.26. The van der Waals surface area contributed by atoms with Gasteiger partial charge in [0.1, 0.15) is 5.75 Å². The highest BCUT2D eigenvalue weighted by Gasteiger charge is 2.30. The maximum atomic E-state index is 13.3. The van der Waals surface area contributed by atoms with Crippen molar-refractivity contribution in [1.82, 2.24) is 0 Å². The summed E-state index contributed by atoms with van der Waals surface area (Å²) in [5.41, 5.74) is 4.01. The zero-order chi connectivity index (χ0) is 20.4. The maximum Gasteiger partial charge on any atom is 0.262 e. The minimum atomic E-state index is -0.0990. The summed E-state index contributed by atoms with van der Waals surface area (Å²) in [7, 11) is 1.62. The molecule has 0 bridgehead atoms. The minimum Gasteiger partial charge on any atom is -0.496 e. The number of halogens is 2. The van der Waals surface area contributed by atoms with Crippen molar-refractivity contribution in [2.24, 2.45) is 0 Å². The van der Waals surface area contributed by atoms with Gasteiger partial charge in [0.05, 0.1) is 23.0 Å². The van der Waals surface area contributed by atoms with Gasteiger partial charge in [-0.3, -0.25) is 9.69 Å². The summed E-state index contributed by atoms with van der Waals surface area (Å²) in [5.74, 6) is 0.643. The Hall–Kier alpha value is -2.82. The molecule has 5 heteroatoms. The smallest absolute Gasteiger partial charge is 0.262 e. The number of ether oxygens (including phenoxy) is 1. The third kappa shape index (κ3) is 4.00. The molecule has 3 aromatic carbocycles. The molecule has 3 aromatic rings. The largest absolute Gasteiger partial charge is 0.496 e. The van der Waals surface area contributed by atoms with Crippen LogP contribution in [-0.2, 0) is 4.79 Å². The molecule has 1 amide bonds. The van der Waals surface area contributed by atoms with E-state index in [-0.39, 0.29) is 5.91 Å². The van der Waals surface area contributed by atoms with Crippen LogP contribution in [0.15, 0.2) is 88.9 Å². The number of benzene rings is 3. The standard InChI is InChI=1S/C24H17BrClNO2/c1-29-23-11-10-16(13-21(23)25)12-18-14-22(17-6-3-2-4-7-17)27(24(18)28)20-9-5-8-19(26)15-20/h2-15H,1H3. The molecule has 3 nitrogen and oxygen atoms in total. The lowest BCUT2D eigenvalue weighted by atomic mass is 10.1. The fraction of sp³-hybridized carbons (Fsp3) is 0.0417. The monoisotopic (exact) mass is 465 g/mol. The summed E-state index contributed by atoms with van der Waals surface area (Å²) in [5, 5.41) is 0.583. The van der Waals surface area contributed by atoms with Crippen LogP contribution in [0.4, 0.5) is 5.69 Å². The SMILES string of the molecule is COc1ccc(C=C2C=C(c3ccccc3)N(c3cccc(Cl)c3)C2=O)cc1Br. The first kappa shape index (κ1) is 19.5. The number of carbonyl (C=O) groups is 1. The van der Waals surface area contributed by atoms with Gasteiger partial charge >= 0.3 is 0 Å². The third-order valence-corrected chi connectivity index (χ3v) is 5.47. The molecular formula is C24H17BrClNO2. The Morgan fingerprint density at radius 1 is 1.00 bits per heavy atom. The summed E-state index contributed by atoms with van der Waals surface area (Å²) in [6, 6.07) is 22.9. The molecule has 144 valence electrons. The highest BCUT2D eigenvalue weighted by Crippen LogP contribution is 2.36. The van der Waals surface area contributed by atoms with E-state index < -0.39 is 0 Å². The predicted molar refractivity (Wildman–Crippen MR) is 122 cm³/mol. The topological polar surface area (TPSA) is 29.5 Å². The quantitative estimate of drug-likeness (QED) is 0.406. The van der Waals surface area contributed by atoms with Crippen molar-refractivity contribution in [3.63, 3.8) is 0 Å². The number of nitrogens with zero attached hydrogens (tertiary/aromatic N) is 1. The van der Waals surface area contributed by atoms with Crippen LogP contribution in [0.5, 0.6) is 5.75 Å². The normalized spacial score (nSPS) is 15.0. The summed E-state index contributed by atoms with van der Waals surface area (Å²) in [4.78, 5) is 15.0. The first-order valence-electron chi connectivity index (χ1n) is 8.99. The molecule has 0 saturated carbocycles. The zero-order valence-corrected chi connectivity index (χ0v) is 17.9. The van der Waals surface area contributed by atoms with E-state index in [1.54, 1.807) is 24.1 Å². The van der Waals surface area contributed by atoms with E-state index in [4.69, 9.17) is 16.3 Å². The van der Waals surface area contributed by atoms with Gasteiger partial charge in [-0.25, -0.2) is 0 Å². The molecule has 4 rings (SSSR count). The van der Waals surface area contributed by atoms with E-state index in [0.717, 1.165) is 32.7 Å². The van der Waals surface area contributed by atoms with E-state index in [0.29, 0.717) is 10.6 Å². The Morgan fingerprint density at radius 3 is 2.48 bits per heavy atom. The highest BCUT2D eigenvalue weighted by atomic mass is 79.9. The number of rotatable bonds is 4. The second-order valence-corrected chi connectivity index (χ2v) is 7.80. The van der Waals surface area contributed by atoms with E-state index in [2.05, 4.69) is 15.9 Å².